The van der Waals surface area contributed by atoms with Crippen LogP contribution in [-0.2, 0) is 9.53 Å². The Labute approximate surface area is 60.9 Å². The Bertz CT molecular complexity index is 162. The maximum Gasteiger partial charge on any atom is 0.133 e. The van der Waals surface area contributed by atoms with Crippen LogP contribution in [0.4, 0.5) is 0 Å². The highest BCUT2D eigenvalue weighted by Gasteiger charge is 2.28. The van der Waals surface area contributed by atoms with Crippen molar-refractivity contribution in [1.29, 1.82) is 0 Å². The van der Waals surface area contributed by atoms with Crippen LogP contribution in [0.3, 0.4) is 0 Å². The van der Waals surface area contributed by atoms with Gasteiger partial charge in [0.2, 0.25) is 0 Å². The molecule has 2 heteroatoms. The maximum atomic E-state index is 10.7. The smallest absolute Gasteiger partial charge is 0.133 e. The summed E-state index contributed by atoms with van der Waals surface area (Å²) in [5, 5.41) is 0. The molecule has 1 atom stereocenters. The monoisotopic (exact) mass is 140 g/mol. The van der Waals surface area contributed by atoms with Crippen molar-refractivity contribution in [2.75, 3.05) is 0 Å². The Morgan fingerprint density at radius 2 is 2.50 bits per heavy atom. The van der Waals surface area contributed by atoms with Gasteiger partial charge in [-0.2, -0.15) is 0 Å². The zero-order chi connectivity index (χ0) is 7.61. The van der Waals surface area contributed by atoms with Crippen LogP contribution in [0, 0.1) is 0 Å². The molecular weight excluding hydrogens is 128 g/mol. The number of carbonyl (C=O) groups excluding carboxylic acids is 1. The predicted molar refractivity (Wildman–Crippen MR) is 38.5 cm³/mol. The van der Waals surface area contributed by atoms with Crippen molar-refractivity contribution in [1.82, 2.24) is 0 Å². The molecule has 0 fully saturated rings. The third-order valence-corrected chi connectivity index (χ3v) is 1.62. The number of ketones is 1. The molecule has 1 aliphatic heterocycles. The second-order valence-electron chi connectivity index (χ2n) is 3.02. The third-order valence-electron chi connectivity index (χ3n) is 1.62. The first-order valence-electron chi connectivity index (χ1n) is 3.45. The van der Waals surface area contributed by atoms with Gasteiger partial charge in [0.25, 0.3) is 0 Å². The average molecular weight is 140 g/mol. The summed E-state index contributed by atoms with van der Waals surface area (Å²) in [6, 6.07) is 0. The molecule has 0 aromatic rings. The lowest BCUT2D eigenvalue weighted by molar-refractivity contribution is -0.121. The van der Waals surface area contributed by atoms with E-state index in [4.69, 9.17) is 4.74 Å². The second-order valence-corrected chi connectivity index (χ2v) is 3.02. The van der Waals surface area contributed by atoms with Crippen LogP contribution in [-0.4, -0.2) is 11.4 Å². The van der Waals surface area contributed by atoms with Crippen LogP contribution in [0.1, 0.15) is 26.7 Å². The minimum absolute atomic E-state index is 0.186. The van der Waals surface area contributed by atoms with Crippen molar-refractivity contribution < 1.29 is 9.53 Å². The first-order chi connectivity index (χ1) is 4.62. The van der Waals surface area contributed by atoms with Crippen molar-refractivity contribution in [3.63, 3.8) is 0 Å². The molecule has 2 nitrogen and oxygen atoms in total. The van der Waals surface area contributed by atoms with E-state index in [1.54, 1.807) is 13.2 Å². The minimum atomic E-state index is -0.244. The Morgan fingerprint density at radius 3 is 2.90 bits per heavy atom. The van der Waals surface area contributed by atoms with Gasteiger partial charge in [0.1, 0.15) is 11.4 Å². The molecule has 10 heavy (non-hydrogen) atoms. The second kappa shape index (κ2) is 2.45. The molecule has 0 amide bonds. The lowest BCUT2D eigenvalue weighted by atomic mass is 9.97. The summed E-state index contributed by atoms with van der Waals surface area (Å²) in [5.74, 6) is 0.186. The summed E-state index contributed by atoms with van der Waals surface area (Å²) in [6.45, 7) is 3.54. The Hall–Kier alpha value is -0.790. The van der Waals surface area contributed by atoms with Gasteiger partial charge in [-0.15, -0.1) is 0 Å². The van der Waals surface area contributed by atoms with Gasteiger partial charge >= 0.3 is 0 Å². The topological polar surface area (TPSA) is 26.3 Å². The van der Waals surface area contributed by atoms with Gasteiger partial charge in [0.05, 0.1) is 6.26 Å². The van der Waals surface area contributed by atoms with Gasteiger partial charge in [-0.1, -0.05) is 0 Å². The zero-order valence-corrected chi connectivity index (χ0v) is 6.39. The number of carbonyl (C=O) groups is 1. The van der Waals surface area contributed by atoms with Crippen LogP contribution in [0.25, 0.3) is 0 Å². The minimum Gasteiger partial charge on any atom is -0.495 e. The lowest BCUT2D eigenvalue weighted by Gasteiger charge is -2.21. The van der Waals surface area contributed by atoms with E-state index >= 15 is 0 Å². The van der Waals surface area contributed by atoms with Gasteiger partial charge < -0.3 is 4.74 Å². The van der Waals surface area contributed by atoms with Crippen molar-refractivity contribution in [3.05, 3.63) is 12.3 Å². The summed E-state index contributed by atoms with van der Waals surface area (Å²) in [4.78, 5) is 10.7. The summed E-state index contributed by atoms with van der Waals surface area (Å²) in [6.07, 6.45) is 4.98. The van der Waals surface area contributed by atoms with Gasteiger partial charge in [-0.3, -0.25) is 4.79 Å². The largest absolute Gasteiger partial charge is 0.495 e. The number of ether oxygens (including phenoxy) is 1. The van der Waals surface area contributed by atoms with Crippen molar-refractivity contribution in [2.24, 2.45) is 0 Å². The molecule has 0 spiro atoms. The quantitative estimate of drug-likeness (QED) is 0.583. The fourth-order valence-electron chi connectivity index (χ4n) is 1.20. The standard InChI is InChI=1S/C8H12O2/c1-7(9)6-8(2)4-3-5-10-8/h3,5H,4,6H2,1-2H3. The molecule has 0 saturated heterocycles. The summed E-state index contributed by atoms with van der Waals surface area (Å²) in [5.41, 5.74) is -0.244. The van der Waals surface area contributed by atoms with Crippen molar-refractivity contribution >= 4 is 5.78 Å². The Balaban J connectivity index is 2.46. The van der Waals surface area contributed by atoms with Crippen molar-refractivity contribution in [3.8, 4) is 0 Å². The number of Topliss-reactive ketones (excluding diaryl/α,β-unsaturated/α-hetero) is 1. The number of hydrogen-bond acceptors (Lipinski definition) is 2. The molecule has 0 aliphatic carbocycles. The van der Waals surface area contributed by atoms with Gasteiger partial charge in [0.15, 0.2) is 0 Å². The van der Waals surface area contributed by atoms with Crippen LogP contribution in [0.5, 0.6) is 0 Å². The first kappa shape index (κ1) is 7.32. The summed E-state index contributed by atoms with van der Waals surface area (Å²) < 4.78 is 5.25. The lowest BCUT2D eigenvalue weighted by Crippen LogP contribution is -2.25. The highest BCUT2D eigenvalue weighted by Crippen LogP contribution is 2.26. The zero-order valence-electron chi connectivity index (χ0n) is 6.39. The number of hydrogen-bond donors (Lipinski definition) is 0. The molecule has 0 N–H and O–H groups in total. The van der Waals surface area contributed by atoms with Gasteiger partial charge in [0, 0.05) is 12.8 Å². The van der Waals surface area contributed by atoms with Gasteiger partial charge in [-0.25, -0.2) is 0 Å². The molecule has 1 heterocycles. The van der Waals surface area contributed by atoms with Crippen LogP contribution in [0.15, 0.2) is 12.3 Å². The first-order valence-corrected chi connectivity index (χ1v) is 3.45. The highest BCUT2D eigenvalue weighted by atomic mass is 16.5. The van der Waals surface area contributed by atoms with E-state index in [9.17, 15) is 4.79 Å². The Morgan fingerprint density at radius 1 is 1.80 bits per heavy atom. The fraction of sp³-hybridized carbons (Fsp3) is 0.625. The van der Waals surface area contributed by atoms with Crippen LogP contribution in [0.2, 0.25) is 0 Å². The third kappa shape index (κ3) is 1.59. The van der Waals surface area contributed by atoms with E-state index in [1.807, 2.05) is 13.0 Å². The molecular formula is C8H12O2. The fourth-order valence-corrected chi connectivity index (χ4v) is 1.20. The molecule has 0 aromatic carbocycles. The van der Waals surface area contributed by atoms with E-state index < -0.39 is 0 Å². The summed E-state index contributed by atoms with van der Waals surface area (Å²) >= 11 is 0. The molecule has 0 radical (unpaired) electrons. The molecule has 1 unspecified atom stereocenters. The van der Waals surface area contributed by atoms with E-state index in [0.29, 0.717) is 6.42 Å². The van der Waals surface area contributed by atoms with E-state index in [-0.39, 0.29) is 11.4 Å². The predicted octanol–water partition coefficient (Wildman–Crippen LogP) is 1.66. The molecule has 1 aliphatic rings. The van der Waals surface area contributed by atoms with Crippen LogP contribution >= 0.6 is 0 Å². The van der Waals surface area contributed by atoms with E-state index in [0.717, 1.165) is 6.42 Å². The number of rotatable bonds is 2. The molecule has 0 saturated carbocycles. The Kier molecular flexibility index (Phi) is 1.79. The van der Waals surface area contributed by atoms with Crippen LogP contribution < -0.4 is 0 Å². The SMILES string of the molecule is CC(=O)CC1(C)CC=CO1. The van der Waals surface area contributed by atoms with E-state index in [2.05, 4.69) is 0 Å². The van der Waals surface area contributed by atoms with Gasteiger partial charge in [-0.05, 0) is 19.9 Å². The van der Waals surface area contributed by atoms with E-state index in [1.165, 1.54) is 0 Å². The highest BCUT2D eigenvalue weighted by molar-refractivity contribution is 5.76. The average Bonchev–Trinajstić information content (AvgIpc) is 2.12. The maximum absolute atomic E-state index is 10.7. The van der Waals surface area contributed by atoms with Crippen molar-refractivity contribution in [2.45, 2.75) is 32.3 Å². The molecule has 0 aromatic heterocycles. The normalized spacial score (nSPS) is 30.2. The molecule has 1 rings (SSSR count). The summed E-state index contributed by atoms with van der Waals surface area (Å²) in [7, 11) is 0. The molecule has 56 valence electrons. The molecule has 0 bridgehead atoms.